The van der Waals surface area contributed by atoms with E-state index in [2.05, 4.69) is 0 Å². The van der Waals surface area contributed by atoms with E-state index in [0.717, 1.165) is 5.75 Å². The summed E-state index contributed by atoms with van der Waals surface area (Å²) < 4.78 is 31.0. The third-order valence-corrected chi connectivity index (χ3v) is 5.76. The Labute approximate surface area is 116 Å². The Morgan fingerprint density at radius 2 is 2.21 bits per heavy atom. The van der Waals surface area contributed by atoms with E-state index in [1.807, 2.05) is 0 Å². The molecule has 104 valence electrons. The number of benzene rings is 1. The fourth-order valence-electron chi connectivity index (χ4n) is 1.78. The molecule has 1 aliphatic rings. The molecule has 1 heterocycles. The number of hydrogen-bond donors (Lipinski definition) is 1. The molecule has 0 aromatic heterocycles. The molecular formula is C11H14N2O4S2. The zero-order valence-electron chi connectivity index (χ0n) is 10.3. The number of carbonyl (C=O) groups excluding carboxylic acids is 1. The van der Waals surface area contributed by atoms with Crippen LogP contribution in [0.15, 0.2) is 23.1 Å². The van der Waals surface area contributed by atoms with Gasteiger partial charge in [-0.3, -0.25) is 4.79 Å². The summed E-state index contributed by atoms with van der Waals surface area (Å²) in [4.78, 5) is 11.4. The summed E-state index contributed by atoms with van der Waals surface area (Å²) in [6, 6.07) is 4.12. The van der Waals surface area contributed by atoms with Gasteiger partial charge in [-0.1, -0.05) is 0 Å². The lowest BCUT2D eigenvalue weighted by Crippen LogP contribution is -2.28. The van der Waals surface area contributed by atoms with Gasteiger partial charge in [0, 0.05) is 12.3 Å². The van der Waals surface area contributed by atoms with Gasteiger partial charge in [-0.15, -0.1) is 11.8 Å². The number of nitrogens with zero attached hydrogens (tertiary/aromatic N) is 1. The van der Waals surface area contributed by atoms with Gasteiger partial charge in [0.25, 0.3) is 5.91 Å². The van der Waals surface area contributed by atoms with Crippen molar-refractivity contribution in [3.05, 3.63) is 23.8 Å². The molecule has 0 aliphatic carbocycles. The molecule has 6 nitrogen and oxygen atoms in total. The van der Waals surface area contributed by atoms with E-state index in [1.54, 1.807) is 11.8 Å². The molecule has 1 aliphatic heterocycles. The Kier molecular flexibility index (Phi) is 4.02. The maximum absolute atomic E-state index is 12.3. The molecule has 0 bridgehead atoms. The smallest absolute Gasteiger partial charge is 0.252 e. The van der Waals surface area contributed by atoms with Crippen molar-refractivity contribution < 1.29 is 17.9 Å². The number of primary amides is 1. The standard InChI is InChI=1S/C11H14N2O4S2/c1-17-10-3-2-8(6-9(10)11(12)14)19(15,16)13-4-5-18-7-13/h2-3,6H,4-5,7H2,1H3,(H2,12,14). The van der Waals surface area contributed by atoms with Crippen molar-refractivity contribution in [2.24, 2.45) is 5.73 Å². The molecule has 8 heteroatoms. The highest BCUT2D eigenvalue weighted by Gasteiger charge is 2.28. The average molecular weight is 302 g/mol. The van der Waals surface area contributed by atoms with Crippen molar-refractivity contribution in [1.29, 1.82) is 0 Å². The van der Waals surface area contributed by atoms with Gasteiger partial charge in [0.1, 0.15) is 5.75 Å². The van der Waals surface area contributed by atoms with Crippen LogP contribution in [0.4, 0.5) is 0 Å². The molecular weight excluding hydrogens is 288 g/mol. The first-order chi connectivity index (χ1) is 8.96. The number of hydrogen-bond acceptors (Lipinski definition) is 5. The van der Waals surface area contributed by atoms with Crippen LogP contribution in [0.3, 0.4) is 0 Å². The molecule has 1 amide bonds. The van der Waals surface area contributed by atoms with E-state index in [9.17, 15) is 13.2 Å². The number of amides is 1. The van der Waals surface area contributed by atoms with Crippen LogP contribution in [0.5, 0.6) is 5.75 Å². The van der Waals surface area contributed by atoms with Crippen LogP contribution >= 0.6 is 11.8 Å². The van der Waals surface area contributed by atoms with E-state index >= 15 is 0 Å². The lowest BCUT2D eigenvalue weighted by molar-refractivity contribution is 0.0997. The van der Waals surface area contributed by atoms with E-state index in [-0.39, 0.29) is 16.2 Å². The second kappa shape index (κ2) is 5.40. The monoisotopic (exact) mass is 302 g/mol. The molecule has 0 saturated carbocycles. The van der Waals surface area contributed by atoms with Crippen LogP contribution in [0, 0.1) is 0 Å². The van der Waals surface area contributed by atoms with Gasteiger partial charge in [0.2, 0.25) is 10.0 Å². The van der Waals surface area contributed by atoms with Crippen LogP contribution in [-0.4, -0.2) is 43.9 Å². The first-order valence-corrected chi connectivity index (χ1v) is 8.12. The minimum absolute atomic E-state index is 0.0598. The molecule has 0 unspecified atom stereocenters. The Hall–Kier alpha value is -1.25. The van der Waals surface area contributed by atoms with Gasteiger partial charge in [0.05, 0.1) is 23.4 Å². The van der Waals surface area contributed by atoms with Crippen molar-refractivity contribution in [3.63, 3.8) is 0 Å². The van der Waals surface area contributed by atoms with E-state index in [0.29, 0.717) is 12.4 Å². The van der Waals surface area contributed by atoms with Gasteiger partial charge < -0.3 is 10.5 Å². The quantitative estimate of drug-likeness (QED) is 0.874. The van der Waals surface area contributed by atoms with Gasteiger partial charge >= 0.3 is 0 Å². The number of ether oxygens (including phenoxy) is 1. The minimum atomic E-state index is -3.57. The van der Waals surface area contributed by atoms with Crippen LogP contribution in [0.25, 0.3) is 0 Å². The zero-order valence-corrected chi connectivity index (χ0v) is 12.0. The van der Waals surface area contributed by atoms with Crippen LogP contribution in [0.2, 0.25) is 0 Å². The molecule has 0 radical (unpaired) electrons. The highest BCUT2D eigenvalue weighted by Crippen LogP contribution is 2.27. The van der Waals surface area contributed by atoms with E-state index in [1.165, 1.54) is 29.6 Å². The second-order valence-corrected chi connectivity index (χ2v) is 6.96. The summed E-state index contributed by atoms with van der Waals surface area (Å²) in [6.07, 6.45) is 0. The van der Waals surface area contributed by atoms with Gasteiger partial charge in [-0.05, 0) is 18.2 Å². The first kappa shape index (κ1) is 14.2. The SMILES string of the molecule is COc1ccc(S(=O)(=O)N2CCSC2)cc1C(N)=O. The Morgan fingerprint density at radius 1 is 1.47 bits per heavy atom. The molecule has 0 atom stereocenters. The number of methoxy groups -OCH3 is 1. The zero-order chi connectivity index (χ0) is 14.0. The number of carbonyl (C=O) groups is 1. The second-order valence-electron chi connectivity index (χ2n) is 3.94. The predicted octanol–water partition coefficient (Wildman–Crippen LogP) is 0.489. The van der Waals surface area contributed by atoms with Crippen LogP contribution in [-0.2, 0) is 10.0 Å². The fraction of sp³-hybridized carbons (Fsp3) is 0.364. The molecule has 0 spiro atoms. The molecule has 1 aromatic rings. The Balaban J connectivity index is 2.45. The number of rotatable bonds is 4. The largest absolute Gasteiger partial charge is 0.496 e. The maximum Gasteiger partial charge on any atom is 0.252 e. The minimum Gasteiger partial charge on any atom is -0.496 e. The lowest BCUT2D eigenvalue weighted by atomic mass is 10.2. The normalized spacial score (nSPS) is 16.5. The summed E-state index contributed by atoms with van der Waals surface area (Å²) >= 11 is 1.55. The van der Waals surface area contributed by atoms with Gasteiger partial charge in [0.15, 0.2) is 0 Å². The van der Waals surface area contributed by atoms with Crippen molar-refractivity contribution >= 4 is 27.7 Å². The van der Waals surface area contributed by atoms with E-state index < -0.39 is 15.9 Å². The van der Waals surface area contributed by atoms with Gasteiger partial charge in [-0.25, -0.2) is 8.42 Å². The number of nitrogens with two attached hydrogens (primary N) is 1. The predicted molar refractivity (Wildman–Crippen MR) is 72.7 cm³/mol. The Morgan fingerprint density at radius 3 is 2.74 bits per heavy atom. The number of thioether (sulfide) groups is 1. The third kappa shape index (κ3) is 2.70. The number of sulfonamides is 1. The summed E-state index contributed by atoms with van der Waals surface area (Å²) in [5.41, 5.74) is 5.29. The highest BCUT2D eigenvalue weighted by atomic mass is 32.2. The summed E-state index contributed by atoms with van der Waals surface area (Å²) in [5.74, 6) is 0.755. The van der Waals surface area contributed by atoms with Crippen molar-refractivity contribution in [3.8, 4) is 5.75 Å². The molecule has 2 N–H and O–H groups in total. The highest BCUT2D eigenvalue weighted by molar-refractivity contribution is 8.00. The molecule has 19 heavy (non-hydrogen) atoms. The fourth-order valence-corrected chi connectivity index (χ4v) is 4.62. The first-order valence-electron chi connectivity index (χ1n) is 5.52. The van der Waals surface area contributed by atoms with Crippen LogP contribution < -0.4 is 10.5 Å². The Bertz CT molecular complexity index is 595. The molecule has 1 aromatic carbocycles. The summed E-state index contributed by atoms with van der Waals surface area (Å²) in [5, 5.41) is 0. The molecule has 1 fully saturated rings. The lowest BCUT2D eigenvalue weighted by Gasteiger charge is -2.15. The summed E-state index contributed by atoms with van der Waals surface area (Å²) in [7, 11) is -2.17. The van der Waals surface area contributed by atoms with Crippen molar-refractivity contribution in [2.75, 3.05) is 25.3 Å². The summed E-state index contributed by atoms with van der Waals surface area (Å²) in [6.45, 7) is 0.477. The third-order valence-electron chi connectivity index (χ3n) is 2.79. The average Bonchev–Trinajstić information content (AvgIpc) is 2.92. The van der Waals surface area contributed by atoms with Crippen molar-refractivity contribution in [2.45, 2.75) is 4.90 Å². The van der Waals surface area contributed by atoms with Crippen molar-refractivity contribution in [1.82, 2.24) is 4.31 Å². The van der Waals surface area contributed by atoms with Gasteiger partial charge in [-0.2, -0.15) is 4.31 Å². The maximum atomic E-state index is 12.3. The molecule has 2 rings (SSSR count). The van der Waals surface area contributed by atoms with Crippen LogP contribution in [0.1, 0.15) is 10.4 Å². The molecule has 1 saturated heterocycles. The topological polar surface area (TPSA) is 89.7 Å². The van der Waals surface area contributed by atoms with E-state index in [4.69, 9.17) is 10.5 Å².